The van der Waals surface area contributed by atoms with Gasteiger partial charge in [-0.2, -0.15) is 0 Å². The molecule has 144 valence electrons. The highest BCUT2D eigenvalue weighted by Gasteiger charge is 2.20. The van der Waals surface area contributed by atoms with Gasteiger partial charge in [0, 0.05) is 19.3 Å². The second-order valence-electron chi connectivity index (χ2n) is 7.48. The average molecular weight is 392 g/mol. The summed E-state index contributed by atoms with van der Waals surface area (Å²) in [5, 5.41) is 1.70. The number of thioether (sulfide) groups is 2. The number of nitrogens with two attached hydrogens (primary N) is 1. The molecule has 3 nitrogen and oxygen atoms in total. The van der Waals surface area contributed by atoms with E-state index in [2.05, 4.69) is 44.9 Å². The average Bonchev–Trinajstić information content (AvgIpc) is 2.57. The quantitative estimate of drug-likeness (QED) is 0.224. The molecule has 0 saturated heterocycles. The van der Waals surface area contributed by atoms with Gasteiger partial charge in [0.25, 0.3) is 0 Å². The van der Waals surface area contributed by atoms with Crippen LogP contribution in [0.25, 0.3) is 0 Å². The van der Waals surface area contributed by atoms with Crippen molar-refractivity contribution >= 4 is 33.6 Å². The molecule has 0 bridgehead atoms. The van der Waals surface area contributed by atoms with E-state index < -0.39 is 0 Å². The fourth-order valence-electron chi connectivity index (χ4n) is 3.79. The second kappa shape index (κ2) is 10.4. The molecule has 26 heavy (non-hydrogen) atoms. The van der Waals surface area contributed by atoms with E-state index in [9.17, 15) is 0 Å². The number of aliphatic imine (C=N–C) groups is 1. The number of anilines is 1. The molecule has 2 N–H and O–H groups in total. The molecule has 2 unspecified atom stereocenters. The third-order valence-electron chi connectivity index (χ3n) is 5.01. The molecule has 0 amide bonds. The summed E-state index contributed by atoms with van der Waals surface area (Å²) in [5.74, 6) is 8.44. The highest BCUT2D eigenvalue weighted by Crippen LogP contribution is 2.34. The van der Waals surface area contributed by atoms with Gasteiger partial charge >= 0.3 is 0 Å². The third-order valence-corrected chi connectivity index (χ3v) is 7.15. The first-order chi connectivity index (χ1) is 12.4. The molecule has 1 aromatic carbocycles. The zero-order valence-corrected chi connectivity index (χ0v) is 18.3. The summed E-state index contributed by atoms with van der Waals surface area (Å²) < 4.78 is 1.17. The van der Waals surface area contributed by atoms with Gasteiger partial charge in [0.1, 0.15) is 4.38 Å². The van der Waals surface area contributed by atoms with Crippen LogP contribution < -0.4 is 10.9 Å². The van der Waals surface area contributed by atoms with Crippen LogP contribution in [0.5, 0.6) is 0 Å². The lowest BCUT2D eigenvalue weighted by Crippen LogP contribution is -2.26. The monoisotopic (exact) mass is 391 g/mol. The summed E-state index contributed by atoms with van der Waals surface area (Å²) in [6.07, 6.45) is 7.02. The zero-order valence-electron chi connectivity index (χ0n) is 16.6. The summed E-state index contributed by atoms with van der Waals surface area (Å²) in [6.45, 7) is 9.63. The van der Waals surface area contributed by atoms with Crippen LogP contribution in [0.4, 0.5) is 5.69 Å². The Morgan fingerprint density at radius 2 is 2.15 bits per heavy atom. The van der Waals surface area contributed by atoms with Crippen LogP contribution >= 0.6 is 23.5 Å². The summed E-state index contributed by atoms with van der Waals surface area (Å²) >= 11 is 3.57. The van der Waals surface area contributed by atoms with Gasteiger partial charge in [-0.1, -0.05) is 43.0 Å². The van der Waals surface area contributed by atoms with Gasteiger partial charge < -0.3 is 5.01 Å². The summed E-state index contributed by atoms with van der Waals surface area (Å²) in [6, 6.07) is 6.29. The first kappa shape index (κ1) is 21.4. The Morgan fingerprint density at radius 1 is 1.38 bits per heavy atom. The van der Waals surface area contributed by atoms with Crippen LogP contribution in [-0.4, -0.2) is 24.2 Å². The Bertz CT molecular complexity index is 640. The van der Waals surface area contributed by atoms with Crippen molar-refractivity contribution in [2.45, 2.75) is 45.3 Å². The number of allylic oxidation sites excluding steroid dienone is 1. The lowest BCUT2D eigenvalue weighted by molar-refractivity contribution is 0.324. The predicted molar refractivity (Wildman–Crippen MR) is 121 cm³/mol. The molecule has 0 aromatic heterocycles. The minimum absolute atomic E-state index is 0.761. The molecule has 1 aromatic rings. The van der Waals surface area contributed by atoms with Gasteiger partial charge in [0.15, 0.2) is 0 Å². The van der Waals surface area contributed by atoms with E-state index in [1.807, 2.05) is 18.8 Å². The van der Waals surface area contributed by atoms with Crippen LogP contribution in [0.3, 0.4) is 0 Å². The molecule has 1 aliphatic rings. The van der Waals surface area contributed by atoms with Crippen molar-refractivity contribution in [1.82, 2.24) is 0 Å². The minimum atomic E-state index is 0.761. The van der Waals surface area contributed by atoms with Crippen molar-refractivity contribution in [2.75, 3.05) is 24.9 Å². The zero-order chi connectivity index (χ0) is 19.1. The van der Waals surface area contributed by atoms with E-state index in [0.29, 0.717) is 0 Å². The number of nitrogens with zero attached hydrogens (tertiary/aromatic N) is 2. The van der Waals surface area contributed by atoms with Gasteiger partial charge in [-0.05, 0) is 67.9 Å². The van der Waals surface area contributed by atoms with Crippen molar-refractivity contribution < 1.29 is 0 Å². The van der Waals surface area contributed by atoms with Gasteiger partial charge in [-0.15, -0.1) is 11.8 Å². The molecule has 2 atom stereocenters. The molecule has 1 saturated carbocycles. The molecule has 5 heteroatoms. The van der Waals surface area contributed by atoms with E-state index in [4.69, 9.17) is 10.8 Å². The number of aryl methyl sites for hydroxylation is 1. The Balaban J connectivity index is 1.91. The first-order valence-electron chi connectivity index (χ1n) is 9.35. The molecule has 2 rings (SSSR count). The predicted octanol–water partition coefficient (Wildman–Crippen LogP) is 5.64. The Kier molecular flexibility index (Phi) is 8.58. The van der Waals surface area contributed by atoms with Gasteiger partial charge in [0.05, 0.1) is 5.69 Å². The fraction of sp³-hybridized carbons (Fsp3) is 0.571. The standard InChI is InChI=1S/C21H33N3S2/c1-15-11-16(2)13-18(12-15)9-10-23-21(25-5)26-14-19-17(3)7-6-8-20(19)24(4)22/h6-8,16,18H,1,9-14,22H2,2-5H3/b23-21+. The molecule has 0 aliphatic heterocycles. The van der Waals surface area contributed by atoms with Crippen LogP contribution in [0.15, 0.2) is 35.3 Å². The maximum atomic E-state index is 5.99. The molecular weight excluding hydrogens is 358 g/mol. The summed E-state index contributed by atoms with van der Waals surface area (Å²) in [4.78, 5) is 4.87. The highest BCUT2D eigenvalue weighted by atomic mass is 32.2. The van der Waals surface area contributed by atoms with Crippen LogP contribution in [0.1, 0.15) is 43.7 Å². The first-order valence-corrected chi connectivity index (χ1v) is 11.6. The van der Waals surface area contributed by atoms with Crippen LogP contribution in [0, 0.1) is 18.8 Å². The maximum absolute atomic E-state index is 5.99. The second-order valence-corrected chi connectivity index (χ2v) is 9.50. The normalized spacial score (nSPS) is 21.1. The Hall–Kier alpha value is -0.910. The Morgan fingerprint density at radius 3 is 2.81 bits per heavy atom. The van der Waals surface area contributed by atoms with Crippen molar-refractivity contribution in [3.05, 3.63) is 41.5 Å². The molecular formula is C21H33N3S2. The van der Waals surface area contributed by atoms with E-state index >= 15 is 0 Å². The SMILES string of the molecule is C=C1CC(C)CC(CC/N=C(\SC)SCc2c(C)cccc2N(C)N)C1. The molecule has 1 fully saturated rings. The maximum Gasteiger partial charge on any atom is 0.124 e. The van der Waals surface area contributed by atoms with E-state index in [1.54, 1.807) is 16.8 Å². The highest BCUT2D eigenvalue weighted by molar-refractivity contribution is 8.38. The molecule has 0 radical (unpaired) electrons. The van der Waals surface area contributed by atoms with Crippen molar-refractivity contribution in [1.29, 1.82) is 0 Å². The molecule has 0 spiro atoms. The molecule has 0 heterocycles. The smallest absolute Gasteiger partial charge is 0.124 e. The van der Waals surface area contributed by atoms with E-state index in [-0.39, 0.29) is 0 Å². The number of rotatable bonds is 6. The van der Waals surface area contributed by atoms with Crippen LogP contribution in [0.2, 0.25) is 0 Å². The Labute approximate surface area is 167 Å². The number of benzene rings is 1. The number of hydrogen-bond donors (Lipinski definition) is 1. The van der Waals surface area contributed by atoms with Gasteiger partial charge in [-0.3, -0.25) is 4.99 Å². The van der Waals surface area contributed by atoms with Crippen molar-refractivity contribution in [3.8, 4) is 0 Å². The summed E-state index contributed by atoms with van der Waals surface area (Å²) in [7, 11) is 1.89. The van der Waals surface area contributed by atoms with Gasteiger partial charge in [0.2, 0.25) is 0 Å². The molecule has 1 aliphatic carbocycles. The van der Waals surface area contributed by atoms with E-state index in [0.717, 1.165) is 29.8 Å². The largest absolute Gasteiger partial charge is 0.314 e. The number of hydrazine groups is 1. The summed E-state index contributed by atoms with van der Waals surface area (Å²) in [5.41, 5.74) is 5.09. The van der Waals surface area contributed by atoms with Crippen LogP contribution in [-0.2, 0) is 5.75 Å². The lowest BCUT2D eigenvalue weighted by Gasteiger charge is -2.28. The third kappa shape index (κ3) is 6.36. The fourth-order valence-corrected chi connectivity index (χ4v) is 5.48. The van der Waals surface area contributed by atoms with Crippen molar-refractivity contribution in [2.24, 2.45) is 22.7 Å². The van der Waals surface area contributed by atoms with E-state index in [1.165, 1.54) is 46.8 Å². The van der Waals surface area contributed by atoms with Crippen molar-refractivity contribution in [3.63, 3.8) is 0 Å². The number of hydrogen-bond acceptors (Lipinski definition) is 5. The van der Waals surface area contributed by atoms with Gasteiger partial charge in [-0.25, -0.2) is 5.84 Å². The topological polar surface area (TPSA) is 41.6 Å². The minimum Gasteiger partial charge on any atom is -0.314 e. The lowest BCUT2D eigenvalue weighted by atomic mass is 9.78.